The van der Waals surface area contributed by atoms with Crippen LogP contribution in [0.15, 0.2) is 30.5 Å². The molecule has 0 saturated carbocycles. The number of anilines is 1. The highest BCUT2D eigenvalue weighted by Crippen LogP contribution is 2.41. The maximum atomic E-state index is 16.7. The van der Waals surface area contributed by atoms with Gasteiger partial charge in [0.2, 0.25) is 0 Å². The highest BCUT2D eigenvalue weighted by atomic mass is 19.1. The number of phenolic OH excluding ortho intramolecular Hbond substituents is 1. The Labute approximate surface area is 253 Å². The number of halogens is 3. The number of nitrogens with zero attached hydrogens (tertiary/aromatic N) is 5. The first kappa shape index (κ1) is 28.6. The maximum Gasteiger partial charge on any atom is 0.319 e. The first-order chi connectivity index (χ1) is 21.2. The summed E-state index contributed by atoms with van der Waals surface area (Å²) in [5, 5.41) is 15.1. The van der Waals surface area contributed by atoms with E-state index in [-0.39, 0.29) is 58.2 Å². The van der Waals surface area contributed by atoms with E-state index in [0.29, 0.717) is 42.6 Å². The summed E-state index contributed by atoms with van der Waals surface area (Å²) >= 11 is 0. The molecule has 44 heavy (non-hydrogen) atoms. The summed E-state index contributed by atoms with van der Waals surface area (Å²) in [5.41, 5.74) is -0.527. The summed E-state index contributed by atoms with van der Waals surface area (Å²) in [6.45, 7) is 6.74. The Morgan fingerprint density at radius 3 is 2.73 bits per heavy atom. The normalized spacial score (nSPS) is 25.5. The fraction of sp³-hybridized carbons (Fsp3) is 0.424. The van der Waals surface area contributed by atoms with E-state index >= 15 is 4.39 Å². The van der Waals surface area contributed by atoms with Crippen LogP contribution in [0.25, 0.3) is 32.9 Å². The second-order valence-electron chi connectivity index (χ2n) is 12.4. The topological polar surface area (TPSA) is 86.6 Å². The summed E-state index contributed by atoms with van der Waals surface area (Å²) in [6, 6.07) is 5.72. The molecule has 3 aliphatic rings. The van der Waals surface area contributed by atoms with Crippen molar-refractivity contribution in [3.8, 4) is 35.4 Å². The van der Waals surface area contributed by atoms with Gasteiger partial charge in [-0.05, 0) is 56.8 Å². The van der Waals surface area contributed by atoms with Gasteiger partial charge in [-0.2, -0.15) is 9.97 Å². The summed E-state index contributed by atoms with van der Waals surface area (Å²) in [4.78, 5) is 18.0. The monoisotopic (exact) mass is 602 g/mol. The number of hydrogen-bond donors (Lipinski definition) is 2. The van der Waals surface area contributed by atoms with Crippen molar-refractivity contribution in [2.45, 2.75) is 56.9 Å². The number of ether oxygens (including phenoxy) is 1. The SMILES string of the molecule is C#Cc1c(F)ccc2cc(O)cc(-c3ncc4c(N5C[C@@H](C)N[C@@H](C)C5)nc(OC[C@@]56CCCN5C[C@H](F)C6)nc4c3F)c12. The van der Waals surface area contributed by atoms with Crippen LogP contribution in [0.5, 0.6) is 11.8 Å². The van der Waals surface area contributed by atoms with Crippen molar-refractivity contribution >= 4 is 27.5 Å². The Hall–Kier alpha value is -4.14. The number of hydrogen-bond acceptors (Lipinski definition) is 8. The van der Waals surface area contributed by atoms with Gasteiger partial charge < -0.3 is 20.1 Å². The first-order valence-corrected chi connectivity index (χ1v) is 15.0. The Morgan fingerprint density at radius 1 is 1.16 bits per heavy atom. The molecule has 8 nitrogen and oxygen atoms in total. The first-order valence-electron chi connectivity index (χ1n) is 15.0. The van der Waals surface area contributed by atoms with Gasteiger partial charge in [0, 0.05) is 55.3 Å². The van der Waals surface area contributed by atoms with Crippen molar-refractivity contribution in [1.82, 2.24) is 25.2 Å². The Balaban J connectivity index is 1.39. The number of aromatic nitrogens is 3. The van der Waals surface area contributed by atoms with Crippen molar-refractivity contribution in [2.24, 2.45) is 0 Å². The molecule has 0 spiro atoms. The summed E-state index contributed by atoms with van der Waals surface area (Å²) in [6.07, 6.45) is 8.38. The van der Waals surface area contributed by atoms with Gasteiger partial charge >= 0.3 is 6.01 Å². The van der Waals surface area contributed by atoms with E-state index in [1.54, 1.807) is 0 Å². The summed E-state index contributed by atoms with van der Waals surface area (Å²) in [5.74, 6) is 1.27. The predicted molar refractivity (Wildman–Crippen MR) is 163 cm³/mol. The molecule has 3 fully saturated rings. The van der Waals surface area contributed by atoms with Gasteiger partial charge in [-0.3, -0.25) is 9.88 Å². The molecule has 4 aromatic rings. The van der Waals surface area contributed by atoms with Crippen molar-refractivity contribution in [1.29, 1.82) is 0 Å². The number of fused-ring (bicyclic) bond motifs is 3. The van der Waals surface area contributed by atoms with Crippen molar-refractivity contribution < 1.29 is 23.0 Å². The number of nitrogens with one attached hydrogen (secondary N) is 1. The number of terminal acetylenes is 1. The predicted octanol–water partition coefficient (Wildman–Crippen LogP) is 4.95. The highest BCUT2D eigenvalue weighted by Gasteiger charge is 2.49. The zero-order valence-electron chi connectivity index (χ0n) is 24.6. The number of aromatic hydroxyl groups is 1. The van der Waals surface area contributed by atoms with E-state index in [1.807, 2.05) is 0 Å². The minimum absolute atomic E-state index is 0.0120. The lowest BCUT2D eigenvalue weighted by Crippen LogP contribution is -2.54. The highest BCUT2D eigenvalue weighted by molar-refractivity contribution is 6.03. The molecule has 11 heteroatoms. The lowest BCUT2D eigenvalue weighted by Gasteiger charge is -2.37. The van der Waals surface area contributed by atoms with E-state index < -0.39 is 23.3 Å². The molecule has 3 saturated heterocycles. The van der Waals surface area contributed by atoms with Crippen LogP contribution in [0.4, 0.5) is 19.0 Å². The van der Waals surface area contributed by atoms with Gasteiger partial charge in [0.1, 0.15) is 41.4 Å². The van der Waals surface area contributed by atoms with Gasteiger partial charge in [0.25, 0.3) is 0 Å². The van der Waals surface area contributed by atoms with Crippen LogP contribution in [0.1, 0.15) is 38.7 Å². The van der Waals surface area contributed by atoms with Gasteiger partial charge in [-0.25, -0.2) is 13.2 Å². The van der Waals surface area contributed by atoms with Crippen LogP contribution in [-0.4, -0.2) is 81.5 Å². The van der Waals surface area contributed by atoms with Gasteiger partial charge in [-0.15, -0.1) is 6.42 Å². The maximum absolute atomic E-state index is 16.7. The molecule has 0 bridgehead atoms. The van der Waals surface area contributed by atoms with E-state index in [0.717, 1.165) is 19.4 Å². The Morgan fingerprint density at radius 2 is 1.95 bits per heavy atom. The van der Waals surface area contributed by atoms with Crippen LogP contribution in [-0.2, 0) is 0 Å². The number of benzene rings is 2. The van der Waals surface area contributed by atoms with Gasteiger partial charge in [0.15, 0.2) is 5.82 Å². The summed E-state index contributed by atoms with van der Waals surface area (Å²) in [7, 11) is 0. The molecule has 0 unspecified atom stereocenters. The minimum Gasteiger partial charge on any atom is -0.508 e. The fourth-order valence-corrected chi connectivity index (χ4v) is 7.42. The second kappa shape index (κ2) is 10.8. The third-order valence-corrected chi connectivity index (χ3v) is 9.18. The molecule has 2 aromatic heterocycles. The molecule has 0 radical (unpaired) electrons. The lowest BCUT2D eigenvalue weighted by atomic mass is 9.95. The van der Waals surface area contributed by atoms with E-state index in [2.05, 4.69) is 44.9 Å². The van der Waals surface area contributed by atoms with Gasteiger partial charge in [-0.1, -0.05) is 12.0 Å². The van der Waals surface area contributed by atoms with E-state index in [1.165, 1.54) is 30.5 Å². The molecule has 0 amide bonds. The standard InChI is InChI=1S/C33H33F3N6O2/c1-4-23-26(35)7-6-20-10-22(43)11-24(27(20)23)29-28(36)30-25(13-37-29)31(41-14-18(2)38-19(3)15-41)40-32(39-30)44-17-33-8-5-9-42(33)16-21(34)12-33/h1,6-7,10-11,13,18-19,21,38,43H,5,8-9,12,14-17H2,2-3H3/t18-,19+,21-,33+/m1/s1. The lowest BCUT2D eigenvalue weighted by molar-refractivity contribution is 0.107. The third-order valence-electron chi connectivity index (χ3n) is 9.18. The summed E-state index contributed by atoms with van der Waals surface area (Å²) < 4.78 is 52.1. The molecular formula is C33H33F3N6O2. The van der Waals surface area contributed by atoms with Crippen molar-refractivity contribution in [2.75, 3.05) is 37.7 Å². The molecule has 4 atom stereocenters. The Bertz CT molecular complexity index is 1820. The Kier molecular flexibility index (Phi) is 7.02. The quantitative estimate of drug-likeness (QED) is 0.311. The zero-order chi connectivity index (χ0) is 30.7. The number of piperazine rings is 1. The number of rotatable bonds is 5. The molecule has 2 aromatic carbocycles. The number of alkyl halides is 1. The molecule has 5 heterocycles. The van der Waals surface area contributed by atoms with Crippen molar-refractivity contribution in [3.63, 3.8) is 0 Å². The third kappa shape index (κ3) is 4.77. The largest absolute Gasteiger partial charge is 0.508 e. The minimum atomic E-state index is -0.920. The van der Waals surface area contributed by atoms with Crippen molar-refractivity contribution in [3.05, 3.63) is 47.7 Å². The molecular weight excluding hydrogens is 569 g/mol. The molecule has 2 N–H and O–H groups in total. The van der Waals surface area contributed by atoms with Crippen LogP contribution in [0, 0.1) is 24.0 Å². The molecule has 7 rings (SSSR count). The smallest absolute Gasteiger partial charge is 0.319 e. The van der Waals surface area contributed by atoms with Crippen LogP contribution in [0.3, 0.4) is 0 Å². The van der Waals surface area contributed by atoms with Crippen LogP contribution in [0.2, 0.25) is 0 Å². The zero-order valence-corrected chi connectivity index (χ0v) is 24.6. The number of pyridine rings is 1. The van der Waals surface area contributed by atoms with E-state index in [9.17, 15) is 13.9 Å². The van der Waals surface area contributed by atoms with Crippen LogP contribution >= 0.6 is 0 Å². The van der Waals surface area contributed by atoms with E-state index in [4.69, 9.17) is 16.1 Å². The fourth-order valence-electron chi connectivity index (χ4n) is 7.42. The average molecular weight is 603 g/mol. The van der Waals surface area contributed by atoms with Crippen LogP contribution < -0.4 is 15.0 Å². The second-order valence-corrected chi connectivity index (χ2v) is 12.4. The molecule has 0 aliphatic carbocycles. The van der Waals surface area contributed by atoms with Gasteiger partial charge in [0.05, 0.1) is 16.5 Å². The number of phenols is 1. The molecule has 228 valence electrons. The molecule has 3 aliphatic heterocycles. The average Bonchev–Trinajstić information content (AvgIpc) is 3.51.